The molecule has 0 aliphatic heterocycles. The van der Waals surface area contributed by atoms with E-state index in [2.05, 4.69) is 0 Å². The summed E-state index contributed by atoms with van der Waals surface area (Å²) in [6.07, 6.45) is 1.37. The predicted octanol–water partition coefficient (Wildman–Crippen LogP) is 3.59. The third-order valence-corrected chi connectivity index (χ3v) is 4.20. The van der Waals surface area contributed by atoms with Gasteiger partial charge in [-0.05, 0) is 36.4 Å². The predicted molar refractivity (Wildman–Crippen MR) is 103 cm³/mol. The molecule has 3 aromatic rings. The van der Waals surface area contributed by atoms with Crippen molar-refractivity contribution >= 4 is 29.2 Å². The lowest BCUT2D eigenvalue weighted by molar-refractivity contribution is 0.0591. The van der Waals surface area contributed by atoms with Crippen LogP contribution in [0.3, 0.4) is 0 Å². The highest BCUT2D eigenvalue weighted by molar-refractivity contribution is 6.30. The van der Waals surface area contributed by atoms with Crippen molar-refractivity contribution in [3.05, 3.63) is 76.6 Å². The van der Waals surface area contributed by atoms with Gasteiger partial charge in [0.25, 0.3) is 0 Å². The molecule has 3 rings (SSSR count). The van der Waals surface area contributed by atoms with Crippen molar-refractivity contribution in [3.8, 4) is 17.5 Å². The van der Waals surface area contributed by atoms with E-state index in [9.17, 15) is 14.9 Å². The fourth-order valence-corrected chi connectivity index (χ4v) is 2.75. The van der Waals surface area contributed by atoms with Crippen LogP contribution in [-0.4, -0.2) is 23.6 Å². The van der Waals surface area contributed by atoms with Crippen molar-refractivity contribution in [1.29, 1.82) is 5.26 Å². The van der Waals surface area contributed by atoms with E-state index in [1.54, 1.807) is 42.5 Å². The van der Waals surface area contributed by atoms with Gasteiger partial charge < -0.3 is 19.8 Å². The molecule has 0 aliphatic rings. The zero-order valence-electron chi connectivity index (χ0n) is 14.7. The number of benzene rings is 2. The molecule has 0 aliphatic carbocycles. The molecule has 28 heavy (non-hydrogen) atoms. The minimum atomic E-state index is -0.736. The summed E-state index contributed by atoms with van der Waals surface area (Å²) < 4.78 is 11.5. The summed E-state index contributed by atoms with van der Waals surface area (Å²) in [5.74, 6) is -1.08. The number of carbonyl (C=O) groups excluding carboxylic acids is 2. The average Bonchev–Trinajstić information content (AvgIpc) is 3.05. The Labute approximate surface area is 165 Å². The number of nitrogens with two attached hydrogens (primary N) is 1. The van der Waals surface area contributed by atoms with Crippen LogP contribution in [-0.2, 0) is 4.74 Å². The third-order valence-electron chi connectivity index (χ3n) is 3.95. The Morgan fingerprint density at radius 3 is 2.43 bits per heavy atom. The molecule has 140 valence electrons. The Bertz CT molecular complexity index is 1100. The minimum Gasteiger partial charge on any atom is -0.464 e. The fraction of sp³-hybridized carbons (Fsp3) is 0.0500. The van der Waals surface area contributed by atoms with Crippen LogP contribution in [0.4, 0.5) is 5.69 Å². The van der Waals surface area contributed by atoms with Gasteiger partial charge >= 0.3 is 11.9 Å². The first-order chi connectivity index (χ1) is 13.5. The van der Waals surface area contributed by atoms with E-state index in [0.29, 0.717) is 16.5 Å². The van der Waals surface area contributed by atoms with Crippen LogP contribution in [0.2, 0.25) is 5.02 Å². The topological polar surface area (TPSA) is 107 Å². The summed E-state index contributed by atoms with van der Waals surface area (Å²) in [5, 5.41) is 9.76. The largest absolute Gasteiger partial charge is 0.464 e. The number of halogens is 1. The Morgan fingerprint density at radius 2 is 1.79 bits per heavy atom. The second kappa shape index (κ2) is 7.86. The number of aromatic nitrogens is 1. The molecule has 1 aromatic heterocycles. The second-order valence-corrected chi connectivity index (χ2v) is 6.08. The third kappa shape index (κ3) is 3.54. The highest BCUT2D eigenvalue weighted by Crippen LogP contribution is 2.27. The first kappa shape index (κ1) is 19.0. The molecule has 0 saturated carbocycles. The van der Waals surface area contributed by atoms with Gasteiger partial charge in [0.1, 0.15) is 11.8 Å². The van der Waals surface area contributed by atoms with Crippen molar-refractivity contribution in [2.75, 3.05) is 12.8 Å². The number of ether oxygens (including phenoxy) is 2. The van der Waals surface area contributed by atoms with Gasteiger partial charge in [-0.25, -0.2) is 9.59 Å². The van der Waals surface area contributed by atoms with Crippen LogP contribution in [0.1, 0.15) is 26.4 Å². The van der Waals surface area contributed by atoms with Crippen molar-refractivity contribution < 1.29 is 19.1 Å². The van der Waals surface area contributed by atoms with Gasteiger partial charge in [0.15, 0.2) is 5.69 Å². The number of carbonyl (C=O) groups is 2. The molecule has 1 heterocycles. The maximum absolute atomic E-state index is 12.7. The van der Waals surface area contributed by atoms with E-state index in [1.807, 2.05) is 6.07 Å². The number of nitrogen functional groups attached to an aromatic ring is 1. The number of nitriles is 1. The second-order valence-electron chi connectivity index (χ2n) is 5.64. The summed E-state index contributed by atoms with van der Waals surface area (Å²) in [6.45, 7) is 0. The van der Waals surface area contributed by atoms with E-state index in [4.69, 9.17) is 26.8 Å². The van der Waals surface area contributed by atoms with E-state index < -0.39 is 11.9 Å². The number of rotatable bonds is 4. The number of esters is 2. The van der Waals surface area contributed by atoms with Gasteiger partial charge in [0.05, 0.1) is 29.6 Å². The number of hydrogen-bond acceptors (Lipinski definition) is 6. The molecule has 0 bridgehead atoms. The standard InChI is InChI=1S/C20H14ClN3O4/c1-27-20(26)18-17(23)12(10-22)11-24(18)16-5-3-2-4-15(16)19(25)28-14-8-6-13(21)7-9-14/h2-9,11H,23H2,1H3. The average molecular weight is 396 g/mol. The number of anilines is 1. The molecule has 8 heteroatoms. The minimum absolute atomic E-state index is 0.0322. The van der Waals surface area contributed by atoms with Crippen LogP contribution in [0.5, 0.6) is 5.75 Å². The monoisotopic (exact) mass is 395 g/mol. The molecule has 0 spiro atoms. The van der Waals surface area contributed by atoms with Crippen LogP contribution < -0.4 is 10.5 Å². The van der Waals surface area contributed by atoms with E-state index in [1.165, 1.54) is 23.9 Å². The summed E-state index contributed by atoms with van der Waals surface area (Å²) in [4.78, 5) is 24.9. The van der Waals surface area contributed by atoms with Crippen LogP contribution in [0.15, 0.2) is 54.7 Å². The van der Waals surface area contributed by atoms with Crippen molar-refractivity contribution in [3.63, 3.8) is 0 Å². The lowest BCUT2D eigenvalue weighted by atomic mass is 10.1. The number of para-hydroxylation sites is 1. The lowest BCUT2D eigenvalue weighted by Crippen LogP contribution is -2.16. The van der Waals surface area contributed by atoms with Crippen LogP contribution in [0, 0.1) is 11.3 Å². The molecule has 2 N–H and O–H groups in total. The van der Waals surface area contributed by atoms with Gasteiger partial charge in [-0.3, -0.25) is 0 Å². The number of methoxy groups -OCH3 is 1. The Morgan fingerprint density at radius 1 is 1.11 bits per heavy atom. The zero-order valence-corrected chi connectivity index (χ0v) is 15.4. The molecule has 2 aromatic carbocycles. The van der Waals surface area contributed by atoms with Gasteiger partial charge in [0, 0.05) is 11.2 Å². The Kier molecular flexibility index (Phi) is 5.34. The first-order valence-electron chi connectivity index (χ1n) is 8.02. The normalized spacial score (nSPS) is 10.2. The molecule has 0 unspecified atom stereocenters. The summed E-state index contributed by atoms with van der Waals surface area (Å²) in [6, 6.07) is 14.7. The van der Waals surface area contributed by atoms with Crippen LogP contribution >= 0.6 is 11.6 Å². The summed E-state index contributed by atoms with van der Waals surface area (Å²) in [7, 11) is 1.20. The Hall–Kier alpha value is -3.76. The van der Waals surface area contributed by atoms with Gasteiger partial charge in [-0.2, -0.15) is 5.26 Å². The molecule has 7 nitrogen and oxygen atoms in total. The molecule has 0 amide bonds. The van der Waals surface area contributed by atoms with E-state index in [0.717, 1.165) is 0 Å². The molecular weight excluding hydrogens is 382 g/mol. The number of nitrogens with zero attached hydrogens (tertiary/aromatic N) is 2. The van der Waals surface area contributed by atoms with Crippen molar-refractivity contribution in [2.45, 2.75) is 0 Å². The first-order valence-corrected chi connectivity index (χ1v) is 8.40. The maximum Gasteiger partial charge on any atom is 0.357 e. The van der Waals surface area contributed by atoms with Gasteiger partial charge in [-0.1, -0.05) is 23.7 Å². The van der Waals surface area contributed by atoms with Gasteiger partial charge in [0.2, 0.25) is 0 Å². The molecule has 0 saturated heterocycles. The molecular formula is C20H14ClN3O4. The van der Waals surface area contributed by atoms with Gasteiger partial charge in [-0.15, -0.1) is 0 Å². The number of hydrogen-bond donors (Lipinski definition) is 1. The zero-order chi connectivity index (χ0) is 20.3. The highest BCUT2D eigenvalue weighted by atomic mass is 35.5. The van der Waals surface area contributed by atoms with Crippen LogP contribution in [0.25, 0.3) is 5.69 Å². The van der Waals surface area contributed by atoms with E-state index in [-0.39, 0.29) is 22.5 Å². The quantitative estimate of drug-likeness (QED) is 0.534. The summed E-state index contributed by atoms with van der Waals surface area (Å²) >= 11 is 5.84. The highest BCUT2D eigenvalue weighted by Gasteiger charge is 2.24. The Balaban J connectivity index is 2.08. The van der Waals surface area contributed by atoms with E-state index >= 15 is 0 Å². The lowest BCUT2D eigenvalue weighted by Gasteiger charge is -2.13. The fourth-order valence-electron chi connectivity index (χ4n) is 2.63. The SMILES string of the molecule is COC(=O)c1c(N)c(C#N)cn1-c1ccccc1C(=O)Oc1ccc(Cl)cc1. The van der Waals surface area contributed by atoms with Crippen molar-refractivity contribution in [1.82, 2.24) is 4.57 Å². The molecule has 0 fully saturated rings. The molecule has 0 radical (unpaired) electrons. The molecule has 0 atom stereocenters. The summed E-state index contributed by atoms with van der Waals surface area (Å²) in [5.41, 5.74) is 6.41. The van der Waals surface area contributed by atoms with Crippen molar-refractivity contribution in [2.24, 2.45) is 0 Å². The smallest absolute Gasteiger partial charge is 0.357 e. The maximum atomic E-state index is 12.7.